The second-order valence-electron chi connectivity index (χ2n) is 6.99. The first kappa shape index (κ1) is 21.7. The van der Waals surface area contributed by atoms with Gasteiger partial charge in [0.1, 0.15) is 0 Å². The number of carbonyl (C=O) groups is 2. The molecule has 1 heterocycles. The van der Waals surface area contributed by atoms with Crippen molar-refractivity contribution in [2.45, 2.75) is 39.2 Å². The summed E-state index contributed by atoms with van der Waals surface area (Å²) >= 11 is 5.90. The molecule has 0 amide bonds. The lowest BCUT2D eigenvalue weighted by Gasteiger charge is -2.11. The fourth-order valence-corrected chi connectivity index (χ4v) is 3.36. The van der Waals surface area contributed by atoms with Gasteiger partial charge in [-0.05, 0) is 24.6 Å². The van der Waals surface area contributed by atoms with Crippen molar-refractivity contribution in [1.29, 1.82) is 0 Å². The maximum absolute atomic E-state index is 12.7. The second-order valence-corrected chi connectivity index (χ2v) is 7.43. The van der Waals surface area contributed by atoms with Crippen LogP contribution < -0.4 is 5.56 Å². The number of ketones is 1. The monoisotopic (exact) mass is 426 g/mol. The molecule has 0 saturated heterocycles. The minimum Gasteiger partial charge on any atom is -0.452 e. The number of hydrogen-bond acceptors (Lipinski definition) is 5. The Hall–Kier alpha value is -2.99. The maximum atomic E-state index is 12.7. The Morgan fingerprint density at radius 3 is 2.53 bits per heavy atom. The van der Waals surface area contributed by atoms with Gasteiger partial charge >= 0.3 is 5.97 Å². The fourth-order valence-electron chi connectivity index (χ4n) is 3.17. The van der Waals surface area contributed by atoms with Crippen molar-refractivity contribution in [2.75, 3.05) is 6.61 Å². The first-order valence-corrected chi connectivity index (χ1v) is 10.3. The van der Waals surface area contributed by atoms with Gasteiger partial charge in [0.15, 0.2) is 18.1 Å². The SMILES string of the molecule is CCCCCCn1nc(C(=O)OCC(=O)c2cccc(Cl)c2)c2ccccc2c1=O. The van der Waals surface area contributed by atoms with Crippen LogP contribution in [0.3, 0.4) is 0 Å². The molecule has 0 atom stereocenters. The molecule has 0 saturated carbocycles. The van der Waals surface area contributed by atoms with Gasteiger partial charge < -0.3 is 4.74 Å². The van der Waals surface area contributed by atoms with Gasteiger partial charge in [-0.25, -0.2) is 9.48 Å². The van der Waals surface area contributed by atoms with Crippen molar-refractivity contribution in [3.05, 3.63) is 75.2 Å². The molecule has 0 aliphatic carbocycles. The van der Waals surface area contributed by atoms with E-state index >= 15 is 0 Å². The summed E-state index contributed by atoms with van der Waals surface area (Å²) in [4.78, 5) is 37.8. The molecule has 0 bridgehead atoms. The zero-order valence-corrected chi connectivity index (χ0v) is 17.5. The third kappa shape index (κ3) is 5.13. The van der Waals surface area contributed by atoms with E-state index in [0.717, 1.165) is 25.7 Å². The number of nitrogens with zero attached hydrogens (tertiary/aromatic N) is 2. The number of benzene rings is 2. The van der Waals surface area contributed by atoms with E-state index in [4.69, 9.17) is 16.3 Å². The predicted octanol–water partition coefficient (Wildman–Crippen LogP) is 4.67. The summed E-state index contributed by atoms with van der Waals surface area (Å²) in [7, 11) is 0. The number of rotatable bonds is 9. The Morgan fingerprint density at radius 2 is 1.80 bits per heavy atom. The quantitative estimate of drug-likeness (QED) is 0.282. The molecular formula is C23H23ClN2O4. The van der Waals surface area contributed by atoms with Gasteiger partial charge in [-0.2, -0.15) is 5.10 Å². The van der Waals surface area contributed by atoms with E-state index < -0.39 is 12.6 Å². The molecule has 1 aromatic heterocycles. The number of esters is 1. The van der Waals surface area contributed by atoms with Crippen LogP contribution in [0, 0.1) is 0 Å². The molecule has 0 aliphatic heterocycles. The molecule has 30 heavy (non-hydrogen) atoms. The minimum absolute atomic E-state index is 0.0274. The van der Waals surface area contributed by atoms with E-state index in [1.54, 1.807) is 42.5 Å². The lowest BCUT2D eigenvalue weighted by molar-refractivity contribution is 0.0468. The molecule has 3 aromatic rings. The van der Waals surface area contributed by atoms with E-state index in [0.29, 0.717) is 27.9 Å². The molecular weight excluding hydrogens is 404 g/mol. The number of ether oxygens (including phenoxy) is 1. The Labute approximate surface area is 179 Å². The number of aromatic nitrogens is 2. The van der Waals surface area contributed by atoms with Crippen molar-refractivity contribution in [3.63, 3.8) is 0 Å². The minimum atomic E-state index is -0.746. The highest BCUT2D eigenvalue weighted by Gasteiger charge is 2.19. The molecule has 6 nitrogen and oxygen atoms in total. The predicted molar refractivity (Wildman–Crippen MR) is 116 cm³/mol. The van der Waals surface area contributed by atoms with Crippen LogP contribution in [0.2, 0.25) is 5.02 Å². The zero-order chi connectivity index (χ0) is 21.5. The Balaban J connectivity index is 1.82. The first-order chi connectivity index (χ1) is 14.5. The maximum Gasteiger partial charge on any atom is 0.359 e. The van der Waals surface area contributed by atoms with Crippen LogP contribution in [0.4, 0.5) is 0 Å². The summed E-state index contributed by atoms with van der Waals surface area (Å²) in [6, 6.07) is 13.2. The third-order valence-electron chi connectivity index (χ3n) is 4.77. The van der Waals surface area contributed by atoms with Gasteiger partial charge in [0.05, 0.1) is 5.39 Å². The van der Waals surface area contributed by atoms with Crippen molar-refractivity contribution in [3.8, 4) is 0 Å². The normalized spacial score (nSPS) is 10.9. The fraction of sp³-hybridized carbons (Fsp3) is 0.304. The molecule has 156 valence electrons. The molecule has 0 spiro atoms. The summed E-state index contributed by atoms with van der Waals surface area (Å²) in [6.07, 6.45) is 3.92. The molecule has 0 fully saturated rings. The van der Waals surface area contributed by atoms with Crippen LogP contribution in [0.25, 0.3) is 10.8 Å². The van der Waals surface area contributed by atoms with Gasteiger partial charge in [-0.1, -0.05) is 68.1 Å². The van der Waals surface area contributed by atoms with Gasteiger partial charge in [0, 0.05) is 22.5 Å². The number of aryl methyl sites for hydroxylation is 1. The van der Waals surface area contributed by atoms with Crippen molar-refractivity contribution < 1.29 is 14.3 Å². The standard InChI is InChI=1S/C23H23ClN2O4/c1-2-3-4-7-13-26-22(28)19-12-6-5-11-18(19)21(25-26)23(29)30-15-20(27)16-9-8-10-17(24)14-16/h5-6,8-12,14H,2-4,7,13,15H2,1H3. The van der Waals surface area contributed by atoms with E-state index in [1.165, 1.54) is 10.7 Å². The highest BCUT2D eigenvalue weighted by Crippen LogP contribution is 2.16. The van der Waals surface area contributed by atoms with Crippen LogP contribution in [-0.4, -0.2) is 28.1 Å². The third-order valence-corrected chi connectivity index (χ3v) is 5.00. The number of carbonyl (C=O) groups excluding carboxylic acids is 2. The zero-order valence-electron chi connectivity index (χ0n) is 16.8. The second kappa shape index (κ2) is 10.2. The summed E-state index contributed by atoms with van der Waals surface area (Å²) in [5, 5.41) is 5.49. The average Bonchev–Trinajstić information content (AvgIpc) is 2.76. The molecule has 0 aliphatic rings. The van der Waals surface area contributed by atoms with Crippen LogP contribution in [0.15, 0.2) is 53.3 Å². The molecule has 0 radical (unpaired) electrons. The number of hydrogen-bond donors (Lipinski definition) is 0. The van der Waals surface area contributed by atoms with Crippen LogP contribution >= 0.6 is 11.6 Å². The van der Waals surface area contributed by atoms with Crippen molar-refractivity contribution in [1.82, 2.24) is 9.78 Å². The summed E-state index contributed by atoms with van der Waals surface area (Å²) in [6.45, 7) is 2.09. The van der Waals surface area contributed by atoms with Gasteiger partial charge in [-0.15, -0.1) is 0 Å². The van der Waals surface area contributed by atoms with E-state index in [2.05, 4.69) is 12.0 Å². The van der Waals surface area contributed by atoms with Gasteiger partial charge in [0.25, 0.3) is 5.56 Å². The molecule has 2 aromatic carbocycles. The van der Waals surface area contributed by atoms with Crippen LogP contribution in [0.1, 0.15) is 53.5 Å². The number of Topliss-reactive ketones (excluding diaryl/α,β-unsaturated/α-hetero) is 1. The van der Waals surface area contributed by atoms with Crippen LogP contribution in [0.5, 0.6) is 0 Å². The average molecular weight is 427 g/mol. The van der Waals surface area contributed by atoms with E-state index in [9.17, 15) is 14.4 Å². The number of halogens is 1. The Bertz CT molecular complexity index is 1120. The Kier molecular flexibility index (Phi) is 7.36. The summed E-state index contributed by atoms with van der Waals surface area (Å²) < 4.78 is 6.53. The molecule has 0 unspecified atom stereocenters. The highest BCUT2D eigenvalue weighted by atomic mass is 35.5. The molecule has 3 rings (SSSR count). The number of unbranched alkanes of at least 4 members (excludes halogenated alkanes) is 3. The highest BCUT2D eigenvalue weighted by molar-refractivity contribution is 6.31. The van der Waals surface area contributed by atoms with E-state index in [-0.39, 0.29) is 17.0 Å². The van der Waals surface area contributed by atoms with E-state index in [1.807, 2.05) is 0 Å². The van der Waals surface area contributed by atoms with Crippen molar-refractivity contribution >= 4 is 34.1 Å². The van der Waals surface area contributed by atoms with Gasteiger partial charge in [0.2, 0.25) is 0 Å². The number of fused-ring (bicyclic) bond motifs is 1. The lowest BCUT2D eigenvalue weighted by Crippen LogP contribution is -2.27. The van der Waals surface area contributed by atoms with Crippen LogP contribution in [-0.2, 0) is 11.3 Å². The largest absolute Gasteiger partial charge is 0.452 e. The molecule has 7 heteroatoms. The smallest absolute Gasteiger partial charge is 0.359 e. The van der Waals surface area contributed by atoms with Gasteiger partial charge in [-0.3, -0.25) is 9.59 Å². The first-order valence-electron chi connectivity index (χ1n) is 9.97. The molecule has 0 N–H and O–H groups in total. The summed E-state index contributed by atoms with van der Waals surface area (Å²) in [5.41, 5.74) is 0.141. The Morgan fingerprint density at radius 1 is 1.03 bits per heavy atom. The topological polar surface area (TPSA) is 78.3 Å². The van der Waals surface area contributed by atoms with Crippen molar-refractivity contribution in [2.24, 2.45) is 0 Å². The summed E-state index contributed by atoms with van der Waals surface area (Å²) in [5.74, 6) is -1.12. The lowest BCUT2D eigenvalue weighted by atomic mass is 10.1.